The second-order valence-electron chi connectivity index (χ2n) is 8.82. The van der Waals surface area contributed by atoms with E-state index in [1.54, 1.807) is 32.6 Å². The van der Waals surface area contributed by atoms with Gasteiger partial charge in [-0.25, -0.2) is 0 Å². The minimum atomic E-state index is -3.66. The zero-order valence-electron chi connectivity index (χ0n) is 18.2. The number of aryl methyl sites for hydroxylation is 2. The molecule has 1 aliphatic heterocycles. The fraction of sp³-hybridized carbons (Fsp3) is 0.619. The van der Waals surface area contributed by atoms with Crippen LogP contribution in [0.5, 0.6) is 0 Å². The fourth-order valence-corrected chi connectivity index (χ4v) is 4.17. The molecule has 7 nitrogen and oxygen atoms in total. The monoisotopic (exact) mass is 425 g/mol. The zero-order chi connectivity index (χ0) is 22.2. The summed E-state index contributed by atoms with van der Waals surface area (Å²) in [5, 5.41) is 0. The van der Waals surface area contributed by atoms with Gasteiger partial charge < -0.3 is 9.64 Å². The van der Waals surface area contributed by atoms with E-state index in [9.17, 15) is 18.0 Å². The van der Waals surface area contributed by atoms with Gasteiger partial charge in [0.2, 0.25) is 5.91 Å². The standard InChI is InChI=1S/C21H31NO6S/c1-14-9-8-10-15(2)17(14)22-13-21(16(3)18(22)23,11-12-27-29(7,25)26)19(24)28-20(4,5)6/h8-10,16H,11-13H2,1-7H3. The molecule has 1 aliphatic rings. The van der Waals surface area contributed by atoms with Crippen LogP contribution in [0, 0.1) is 25.2 Å². The Kier molecular flexibility index (Phi) is 6.49. The number of rotatable bonds is 6. The maximum absolute atomic E-state index is 13.2. The van der Waals surface area contributed by atoms with Crippen LogP contribution < -0.4 is 4.90 Å². The van der Waals surface area contributed by atoms with Crippen molar-refractivity contribution in [2.45, 2.75) is 53.6 Å². The molecule has 1 amide bonds. The van der Waals surface area contributed by atoms with Crippen molar-refractivity contribution in [2.24, 2.45) is 11.3 Å². The summed E-state index contributed by atoms with van der Waals surface area (Å²) in [7, 11) is -3.66. The van der Waals surface area contributed by atoms with Crippen LogP contribution in [0.15, 0.2) is 18.2 Å². The first kappa shape index (κ1) is 23.3. The summed E-state index contributed by atoms with van der Waals surface area (Å²) in [4.78, 5) is 28.1. The van der Waals surface area contributed by atoms with Crippen LogP contribution in [0.25, 0.3) is 0 Å². The number of para-hydroxylation sites is 1. The van der Waals surface area contributed by atoms with Gasteiger partial charge in [-0.05, 0) is 52.2 Å². The van der Waals surface area contributed by atoms with Gasteiger partial charge in [0, 0.05) is 12.2 Å². The molecular weight excluding hydrogens is 394 g/mol. The van der Waals surface area contributed by atoms with Gasteiger partial charge in [-0.1, -0.05) is 25.1 Å². The Morgan fingerprint density at radius 3 is 2.28 bits per heavy atom. The minimum Gasteiger partial charge on any atom is -0.459 e. The minimum absolute atomic E-state index is 0.0588. The molecule has 1 aromatic rings. The summed E-state index contributed by atoms with van der Waals surface area (Å²) >= 11 is 0. The highest BCUT2D eigenvalue weighted by Gasteiger charge is 2.57. The van der Waals surface area contributed by atoms with Crippen LogP contribution in [0.4, 0.5) is 5.69 Å². The third-order valence-electron chi connectivity index (χ3n) is 5.27. The number of nitrogens with zero attached hydrogens (tertiary/aromatic N) is 1. The summed E-state index contributed by atoms with van der Waals surface area (Å²) in [6, 6.07) is 5.75. The Morgan fingerprint density at radius 2 is 1.79 bits per heavy atom. The van der Waals surface area contributed by atoms with Crippen molar-refractivity contribution in [3.8, 4) is 0 Å². The van der Waals surface area contributed by atoms with Gasteiger partial charge in [0.25, 0.3) is 10.1 Å². The summed E-state index contributed by atoms with van der Waals surface area (Å²) in [6.45, 7) is 10.7. The topological polar surface area (TPSA) is 90.0 Å². The first-order valence-corrected chi connectivity index (χ1v) is 11.4. The van der Waals surface area contributed by atoms with Gasteiger partial charge in [0.05, 0.1) is 24.2 Å². The number of carbonyl (C=O) groups is 2. The zero-order valence-corrected chi connectivity index (χ0v) is 19.1. The molecule has 2 atom stereocenters. The summed E-state index contributed by atoms with van der Waals surface area (Å²) in [5.41, 5.74) is 0.690. The smallest absolute Gasteiger partial charge is 0.315 e. The van der Waals surface area contributed by atoms with E-state index in [0.29, 0.717) is 0 Å². The lowest BCUT2D eigenvalue weighted by Crippen LogP contribution is -2.44. The number of hydrogen-bond acceptors (Lipinski definition) is 6. The number of esters is 1. The molecule has 1 aromatic carbocycles. The first-order chi connectivity index (χ1) is 13.2. The maximum atomic E-state index is 13.2. The fourth-order valence-electron chi connectivity index (χ4n) is 3.78. The van der Waals surface area contributed by atoms with Crippen molar-refractivity contribution in [3.05, 3.63) is 29.3 Å². The van der Waals surface area contributed by atoms with Crippen molar-refractivity contribution >= 4 is 27.7 Å². The molecule has 0 bridgehead atoms. The van der Waals surface area contributed by atoms with Crippen LogP contribution in [-0.4, -0.2) is 45.3 Å². The van der Waals surface area contributed by atoms with E-state index in [1.807, 2.05) is 32.0 Å². The molecule has 1 heterocycles. The lowest BCUT2D eigenvalue weighted by atomic mass is 9.76. The predicted octanol–water partition coefficient (Wildman–Crippen LogP) is 2.98. The Morgan fingerprint density at radius 1 is 1.24 bits per heavy atom. The molecule has 2 unspecified atom stereocenters. The molecule has 0 saturated carbocycles. The van der Waals surface area contributed by atoms with Gasteiger partial charge in [-0.15, -0.1) is 0 Å². The molecule has 1 fully saturated rings. The lowest BCUT2D eigenvalue weighted by Gasteiger charge is -2.33. The van der Waals surface area contributed by atoms with E-state index in [1.165, 1.54) is 0 Å². The molecule has 0 N–H and O–H groups in total. The van der Waals surface area contributed by atoms with Gasteiger partial charge in [0.1, 0.15) is 5.60 Å². The van der Waals surface area contributed by atoms with E-state index < -0.39 is 33.0 Å². The molecule has 162 valence electrons. The average molecular weight is 426 g/mol. The number of benzene rings is 1. The van der Waals surface area contributed by atoms with Gasteiger partial charge in [-0.2, -0.15) is 8.42 Å². The highest BCUT2D eigenvalue weighted by Crippen LogP contribution is 2.45. The molecule has 0 radical (unpaired) electrons. The number of amides is 1. The molecule has 8 heteroatoms. The number of anilines is 1. The van der Waals surface area contributed by atoms with Crippen LogP contribution in [0.3, 0.4) is 0 Å². The van der Waals surface area contributed by atoms with Crippen molar-refractivity contribution in [1.29, 1.82) is 0 Å². The normalized spacial score (nSPS) is 22.8. The highest BCUT2D eigenvalue weighted by atomic mass is 32.2. The molecular formula is C21H31NO6S. The van der Waals surface area contributed by atoms with Gasteiger partial charge >= 0.3 is 5.97 Å². The van der Waals surface area contributed by atoms with E-state index in [2.05, 4.69) is 0 Å². The Balaban J connectivity index is 2.46. The Hall–Kier alpha value is -1.93. The van der Waals surface area contributed by atoms with Crippen LogP contribution in [-0.2, 0) is 28.6 Å². The first-order valence-electron chi connectivity index (χ1n) is 9.63. The quantitative estimate of drug-likeness (QED) is 0.514. The van der Waals surface area contributed by atoms with Crippen molar-refractivity contribution in [1.82, 2.24) is 0 Å². The Bertz CT molecular complexity index is 882. The highest BCUT2D eigenvalue weighted by molar-refractivity contribution is 7.85. The van der Waals surface area contributed by atoms with Gasteiger partial charge in [-0.3, -0.25) is 13.8 Å². The lowest BCUT2D eigenvalue weighted by molar-refractivity contribution is -0.170. The summed E-state index contributed by atoms with van der Waals surface area (Å²) in [5.74, 6) is -1.39. The van der Waals surface area contributed by atoms with E-state index in [0.717, 1.165) is 23.1 Å². The SMILES string of the molecule is Cc1cccc(C)c1N1CC(CCOS(C)(=O)=O)(C(=O)OC(C)(C)C)C(C)C1=O. The summed E-state index contributed by atoms with van der Waals surface area (Å²) in [6.07, 6.45) is 1.02. The molecule has 0 aliphatic carbocycles. The van der Waals surface area contributed by atoms with Crippen LogP contribution >= 0.6 is 0 Å². The average Bonchev–Trinajstić information content (AvgIpc) is 2.78. The molecule has 0 aromatic heterocycles. The largest absolute Gasteiger partial charge is 0.459 e. The van der Waals surface area contributed by atoms with Crippen molar-refractivity contribution in [2.75, 3.05) is 24.3 Å². The molecule has 0 spiro atoms. The van der Waals surface area contributed by atoms with E-state index >= 15 is 0 Å². The third kappa shape index (κ3) is 5.17. The maximum Gasteiger partial charge on any atom is 0.315 e. The number of hydrogen-bond donors (Lipinski definition) is 0. The van der Waals surface area contributed by atoms with Crippen LogP contribution in [0.1, 0.15) is 45.2 Å². The number of carbonyl (C=O) groups excluding carboxylic acids is 2. The molecule has 29 heavy (non-hydrogen) atoms. The second kappa shape index (κ2) is 8.07. The molecule has 2 rings (SSSR count). The van der Waals surface area contributed by atoms with Crippen LogP contribution in [0.2, 0.25) is 0 Å². The summed E-state index contributed by atoms with van der Waals surface area (Å²) < 4.78 is 33.4. The van der Waals surface area contributed by atoms with E-state index in [4.69, 9.17) is 8.92 Å². The van der Waals surface area contributed by atoms with Gasteiger partial charge in [0.15, 0.2) is 0 Å². The van der Waals surface area contributed by atoms with Crippen molar-refractivity contribution < 1.29 is 26.9 Å². The predicted molar refractivity (Wildman–Crippen MR) is 111 cm³/mol. The van der Waals surface area contributed by atoms with E-state index in [-0.39, 0.29) is 25.5 Å². The second-order valence-corrected chi connectivity index (χ2v) is 10.5. The number of ether oxygens (including phenoxy) is 1. The molecule has 1 saturated heterocycles. The van der Waals surface area contributed by atoms with Crippen molar-refractivity contribution in [3.63, 3.8) is 0 Å². The Labute approximate surface area is 173 Å². The third-order valence-corrected chi connectivity index (χ3v) is 5.86.